The van der Waals surface area contributed by atoms with Gasteiger partial charge in [0.1, 0.15) is 17.3 Å². The van der Waals surface area contributed by atoms with Gasteiger partial charge in [0.2, 0.25) is 0 Å². The monoisotopic (exact) mass is 367 g/mol. The van der Waals surface area contributed by atoms with Crippen molar-refractivity contribution in [1.29, 1.82) is 0 Å². The van der Waals surface area contributed by atoms with Gasteiger partial charge in [-0.3, -0.25) is 10.00 Å². The minimum Gasteiger partial charge on any atom is -0.465 e. The number of H-pyrrole nitrogens is 1. The second kappa shape index (κ2) is 6.75. The van der Waals surface area contributed by atoms with E-state index in [-0.39, 0.29) is 11.7 Å². The number of carboxylic acid groups (broad SMARTS) is 1. The molecule has 1 aliphatic heterocycles. The van der Waals surface area contributed by atoms with Gasteiger partial charge in [-0.15, -0.1) is 0 Å². The van der Waals surface area contributed by atoms with E-state index in [2.05, 4.69) is 10.2 Å². The lowest BCUT2D eigenvalue weighted by Crippen LogP contribution is -2.42. The van der Waals surface area contributed by atoms with Gasteiger partial charge in [0.25, 0.3) is 0 Å². The second-order valence-corrected chi connectivity index (χ2v) is 6.50. The summed E-state index contributed by atoms with van der Waals surface area (Å²) in [5.41, 5.74) is 1.82. The number of ether oxygens (including phenoxy) is 1. The summed E-state index contributed by atoms with van der Waals surface area (Å²) in [5, 5.41) is 16.3. The van der Waals surface area contributed by atoms with Crippen molar-refractivity contribution in [1.82, 2.24) is 10.2 Å². The minimum absolute atomic E-state index is 0.0689. The summed E-state index contributed by atoms with van der Waals surface area (Å²) >= 11 is 0. The smallest absolute Gasteiger partial charge is 0.412 e. The Balaban J connectivity index is 1.95. The third-order valence-electron chi connectivity index (χ3n) is 4.77. The summed E-state index contributed by atoms with van der Waals surface area (Å²) in [4.78, 5) is 12.9. The van der Waals surface area contributed by atoms with Crippen LogP contribution in [0.1, 0.15) is 18.9 Å². The fourth-order valence-electron chi connectivity index (χ4n) is 3.49. The number of aromatic amines is 1. The number of amides is 1. The fraction of sp³-hybridized carbons (Fsp3) is 0.200. The Morgan fingerprint density at radius 3 is 2.81 bits per heavy atom. The number of nitrogens with one attached hydrogen (secondary N) is 1. The molecule has 2 heterocycles. The average Bonchev–Trinajstić information content (AvgIpc) is 3.19. The summed E-state index contributed by atoms with van der Waals surface area (Å²) in [6.07, 6.45) is 3.16. The summed E-state index contributed by atoms with van der Waals surface area (Å²) in [5.74, 6) is 0.462. The average molecular weight is 367 g/mol. The van der Waals surface area contributed by atoms with Gasteiger partial charge in [-0.25, -0.2) is 9.18 Å². The van der Waals surface area contributed by atoms with Crippen molar-refractivity contribution in [3.8, 4) is 22.6 Å². The van der Waals surface area contributed by atoms with Crippen molar-refractivity contribution in [2.75, 3.05) is 4.90 Å². The highest BCUT2D eigenvalue weighted by molar-refractivity contribution is 5.91. The molecule has 0 saturated carbocycles. The van der Waals surface area contributed by atoms with Crippen LogP contribution < -0.4 is 9.64 Å². The zero-order chi connectivity index (χ0) is 19.0. The zero-order valence-electron chi connectivity index (χ0n) is 14.6. The van der Waals surface area contributed by atoms with Crippen LogP contribution in [0.3, 0.4) is 0 Å². The lowest BCUT2D eigenvalue weighted by atomic mass is 9.92. The molecule has 1 aromatic heterocycles. The maximum absolute atomic E-state index is 15.0. The van der Waals surface area contributed by atoms with E-state index in [4.69, 9.17) is 4.74 Å². The minimum atomic E-state index is -1.18. The standard InChI is InChI=1S/C20H18FN3O3/c1-12-7-8-15-18(24(12)20(25)26)17(21)9-16(13-10-22-23-11-13)19(15)27-14-5-3-2-4-6-14/h2-6,9-12H,7-8H2,1H3,(H,22,23)(H,25,26)/t12-/m0/s1. The van der Waals surface area contributed by atoms with E-state index < -0.39 is 11.9 Å². The summed E-state index contributed by atoms with van der Waals surface area (Å²) < 4.78 is 21.2. The number of aromatic nitrogens is 2. The predicted molar refractivity (Wildman–Crippen MR) is 98.8 cm³/mol. The van der Waals surface area contributed by atoms with Crippen LogP contribution in [0.25, 0.3) is 11.1 Å². The normalized spacial score (nSPS) is 16.1. The van der Waals surface area contributed by atoms with E-state index >= 15 is 4.39 Å². The number of rotatable bonds is 3. The molecule has 2 aromatic carbocycles. The number of fused-ring (bicyclic) bond motifs is 1. The largest absolute Gasteiger partial charge is 0.465 e. The molecule has 1 aliphatic rings. The van der Waals surface area contributed by atoms with Crippen molar-refractivity contribution in [3.05, 3.63) is 60.2 Å². The number of benzene rings is 2. The number of halogens is 1. The van der Waals surface area contributed by atoms with Crippen LogP contribution in [0.5, 0.6) is 11.5 Å². The van der Waals surface area contributed by atoms with Gasteiger partial charge in [-0.05, 0) is 38.0 Å². The first-order valence-corrected chi connectivity index (χ1v) is 8.66. The van der Waals surface area contributed by atoms with Crippen LogP contribution in [0.15, 0.2) is 48.8 Å². The summed E-state index contributed by atoms with van der Waals surface area (Å²) in [6, 6.07) is 10.2. The number of hydrogen-bond acceptors (Lipinski definition) is 3. The number of nitrogens with zero attached hydrogens (tertiary/aromatic N) is 2. The van der Waals surface area contributed by atoms with Gasteiger partial charge in [-0.2, -0.15) is 5.10 Å². The molecule has 0 spiro atoms. The molecule has 0 radical (unpaired) electrons. The van der Waals surface area contributed by atoms with Crippen molar-refractivity contribution in [2.24, 2.45) is 0 Å². The number of para-hydroxylation sites is 1. The molecule has 0 aliphatic carbocycles. The Hall–Kier alpha value is -3.35. The van der Waals surface area contributed by atoms with E-state index in [9.17, 15) is 9.90 Å². The molecule has 0 unspecified atom stereocenters. The maximum atomic E-state index is 15.0. The van der Waals surface area contributed by atoms with Crippen LogP contribution in [-0.4, -0.2) is 27.4 Å². The summed E-state index contributed by atoms with van der Waals surface area (Å²) in [7, 11) is 0. The highest BCUT2D eigenvalue weighted by Gasteiger charge is 2.34. The van der Waals surface area contributed by atoms with Crippen molar-refractivity contribution in [3.63, 3.8) is 0 Å². The molecule has 3 aromatic rings. The first-order chi connectivity index (χ1) is 13.1. The topological polar surface area (TPSA) is 78.5 Å². The van der Waals surface area contributed by atoms with Gasteiger partial charge < -0.3 is 9.84 Å². The van der Waals surface area contributed by atoms with Crippen molar-refractivity contribution >= 4 is 11.8 Å². The van der Waals surface area contributed by atoms with E-state index in [1.165, 1.54) is 6.07 Å². The van der Waals surface area contributed by atoms with Gasteiger partial charge in [-0.1, -0.05) is 18.2 Å². The molecule has 6 nitrogen and oxygen atoms in total. The third-order valence-corrected chi connectivity index (χ3v) is 4.77. The Kier molecular flexibility index (Phi) is 4.27. The Bertz CT molecular complexity index is 974. The highest BCUT2D eigenvalue weighted by atomic mass is 19.1. The molecule has 1 atom stereocenters. The van der Waals surface area contributed by atoms with E-state index in [0.29, 0.717) is 41.0 Å². The Labute approximate surface area is 155 Å². The lowest BCUT2D eigenvalue weighted by molar-refractivity contribution is 0.198. The fourth-order valence-corrected chi connectivity index (χ4v) is 3.49. The first-order valence-electron chi connectivity index (χ1n) is 8.66. The SMILES string of the molecule is C[C@H]1CCc2c(Oc3ccccc3)c(-c3cn[nH]c3)cc(F)c2N1C(=O)O. The molecular weight excluding hydrogens is 349 g/mol. The van der Waals surface area contributed by atoms with Crippen LogP contribution in [-0.2, 0) is 6.42 Å². The molecule has 1 amide bonds. The van der Waals surface area contributed by atoms with Crippen molar-refractivity contribution in [2.45, 2.75) is 25.8 Å². The quantitative estimate of drug-likeness (QED) is 0.695. The van der Waals surface area contributed by atoms with E-state index in [1.54, 1.807) is 31.5 Å². The van der Waals surface area contributed by atoms with Crippen LogP contribution >= 0.6 is 0 Å². The molecular formula is C20H18FN3O3. The van der Waals surface area contributed by atoms with E-state index in [0.717, 1.165) is 4.90 Å². The highest BCUT2D eigenvalue weighted by Crippen LogP contribution is 2.46. The number of hydrogen-bond donors (Lipinski definition) is 2. The third kappa shape index (κ3) is 3.01. The number of anilines is 1. The van der Waals surface area contributed by atoms with Crippen molar-refractivity contribution < 1.29 is 19.0 Å². The summed E-state index contributed by atoms with van der Waals surface area (Å²) in [6.45, 7) is 1.78. The maximum Gasteiger partial charge on any atom is 0.412 e. The van der Waals surface area contributed by atoms with Gasteiger partial charge in [0, 0.05) is 28.9 Å². The van der Waals surface area contributed by atoms with Crippen LogP contribution in [0.4, 0.5) is 14.9 Å². The van der Waals surface area contributed by atoms with Gasteiger partial charge in [0.15, 0.2) is 0 Å². The van der Waals surface area contributed by atoms with Crippen LogP contribution in [0.2, 0.25) is 0 Å². The Morgan fingerprint density at radius 1 is 1.37 bits per heavy atom. The van der Waals surface area contributed by atoms with Gasteiger partial charge >= 0.3 is 6.09 Å². The molecule has 2 N–H and O–H groups in total. The first kappa shape index (κ1) is 17.1. The predicted octanol–water partition coefficient (Wildman–Crippen LogP) is 4.83. The second-order valence-electron chi connectivity index (χ2n) is 6.50. The lowest BCUT2D eigenvalue weighted by Gasteiger charge is -2.34. The molecule has 0 fully saturated rings. The number of carbonyl (C=O) groups is 1. The molecule has 4 rings (SSSR count). The van der Waals surface area contributed by atoms with Crippen LogP contribution in [0, 0.1) is 5.82 Å². The molecule has 27 heavy (non-hydrogen) atoms. The zero-order valence-corrected chi connectivity index (χ0v) is 14.6. The molecule has 138 valence electrons. The van der Waals surface area contributed by atoms with E-state index in [1.807, 2.05) is 18.2 Å². The van der Waals surface area contributed by atoms with Gasteiger partial charge in [0.05, 0.1) is 11.9 Å². The molecule has 0 bridgehead atoms. The molecule has 0 saturated heterocycles. The molecule has 7 heteroatoms. The Morgan fingerprint density at radius 2 is 2.15 bits per heavy atom.